The molecule has 0 heterocycles. The lowest BCUT2D eigenvalue weighted by atomic mass is 10.1. The van der Waals surface area contributed by atoms with Crippen molar-refractivity contribution in [1.82, 2.24) is 10.2 Å². The SMILES string of the molecule is CCCNC(=O)C(CC)N(Cc1cccc(OC)c1)C(=O)CN(c1ccc(OC)c(Cl)c1)S(C)(=O)=O. The number of nitrogens with one attached hydrogen (secondary N) is 1. The van der Waals surface area contributed by atoms with Crippen LogP contribution < -0.4 is 19.1 Å². The van der Waals surface area contributed by atoms with Gasteiger partial charge in [-0.3, -0.25) is 13.9 Å². The largest absolute Gasteiger partial charge is 0.497 e. The maximum atomic E-state index is 13.7. The highest BCUT2D eigenvalue weighted by molar-refractivity contribution is 7.92. The van der Waals surface area contributed by atoms with Crippen molar-refractivity contribution in [3.8, 4) is 11.5 Å². The number of anilines is 1. The second-order valence-corrected chi connectivity index (χ2v) is 10.5. The predicted molar refractivity (Wildman–Crippen MR) is 141 cm³/mol. The molecule has 0 spiro atoms. The zero-order valence-electron chi connectivity index (χ0n) is 21.3. The minimum Gasteiger partial charge on any atom is -0.497 e. The second-order valence-electron chi connectivity index (χ2n) is 8.18. The number of sulfonamides is 1. The van der Waals surface area contributed by atoms with Crippen LogP contribution in [0.4, 0.5) is 5.69 Å². The van der Waals surface area contributed by atoms with Gasteiger partial charge < -0.3 is 19.7 Å². The van der Waals surface area contributed by atoms with Crippen molar-refractivity contribution in [1.29, 1.82) is 0 Å². The molecule has 0 saturated heterocycles. The van der Waals surface area contributed by atoms with Crippen molar-refractivity contribution < 1.29 is 27.5 Å². The number of methoxy groups -OCH3 is 2. The molecule has 2 rings (SSSR count). The normalized spacial score (nSPS) is 11.9. The van der Waals surface area contributed by atoms with Crippen molar-refractivity contribution in [2.75, 3.05) is 37.9 Å². The summed E-state index contributed by atoms with van der Waals surface area (Å²) in [6.07, 6.45) is 2.10. The Bertz CT molecular complexity index is 1160. The third-order valence-corrected chi connectivity index (χ3v) is 6.96. The summed E-state index contributed by atoms with van der Waals surface area (Å²) >= 11 is 6.21. The molecule has 198 valence electrons. The summed E-state index contributed by atoms with van der Waals surface area (Å²) in [4.78, 5) is 28.0. The molecule has 1 N–H and O–H groups in total. The first kappa shape index (κ1) is 29.3. The minimum atomic E-state index is -3.87. The Balaban J connectivity index is 2.46. The van der Waals surface area contributed by atoms with E-state index in [9.17, 15) is 18.0 Å². The van der Waals surface area contributed by atoms with E-state index in [0.29, 0.717) is 24.5 Å². The smallest absolute Gasteiger partial charge is 0.244 e. The van der Waals surface area contributed by atoms with Crippen LogP contribution in [0, 0.1) is 0 Å². The molecule has 1 atom stereocenters. The number of nitrogens with zero attached hydrogens (tertiary/aromatic N) is 2. The lowest BCUT2D eigenvalue weighted by Crippen LogP contribution is -2.52. The van der Waals surface area contributed by atoms with Crippen LogP contribution in [-0.2, 0) is 26.2 Å². The summed E-state index contributed by atoms with van der Waals surface area (Å²) in [5, 5.41) is 3.05. The van der Waals surface area contributed by atoms with Gasteiger partial charge in [-0.05, 0) is 48.7 Å². The summed E-state index contributed by atoms with van der Waals surface area (Å²) in [6.45, 7) is 3.79. The molecular formula is C25H34ClN3O6S. The fraction of sp³-hybridized carbons (Fsp3) is 0.440. The number of carbonyl (C=O) groups excluding carboxylic acids is 2. The molecule has 0 bridgehead atoms. The Morgan fingerprint density at radius 1 is 1.08 bits per heavy atom. The zero-order chi connectivity index (χ0) is 26.9. The van der Waals surface area contributed by atoms with Gasteiger partial charge in [0.15, 0.2) is 0 Å². The van der Waals surface area contributed by atoms with Crippen molar-refractivity contribution in [2.45, 2.75) is 39.3 Å². The van der Waals surface area contributed by atoms with E-state index in [1.165, 1.54) is 30.2 Å². The van der Waals surface area contributed by atoms with E-state index in [1.807, 2.05) is 13.0 Å². The maximum Gasteiger partial charge on any atom is 0.244 e. The minimum absolute atomic E-state index is 0.0923. The highest BCUT2D eigenvalue weighted by Crippen LogP contribution is 2.30. The molecule has 1 unspecified atom stereocenters. The van der Waals surface area contributed by atoms with Gasteiger partial charge in [-0.25, -0.2) is 8.42 Å². The molecule has 0 aliphatic rings. The van der Waals surface area contributed by atoms with Gasteiger partial charge in [0, 0.05) is 13.1 Å². The average Bonchev–Trinajstić information content (AvgIpc) is 2.85. The first-order chi connectivity index (χ1) is 17.0. The molecule has 11 heteroatoms. The summed E-state index contributed by atoms with van der Waals surface area (Å²) in [6, 6.07) is 10.8. The van der Waals surface area contributed by atoms with Gasteiger partial charge in [-0.2, -0.15) is 0 Å². The Labute approximate surface area is 218 Å². The molecule has 0 saturated carbocycles. The van der Waals surface area contributed by atoms with Crippen molar-refractivity contribution in [2.24, 2.45) is 0 Å². The number of hydrogen-bond donors (Lipinski definition) is 1. The van der Waals surface area contributed by atoms with Gasteiger partial charge in [0.1, 0.15) is 24.1 Å². The van der Waals surface area contributed by atoms with E-state index >= 15 is 0 Å². The summed E-state index contributed by atoms with van der Waals surface area (Å²) in [7, 11) is -0.879. The number of carbonyl (C=O) groups is 2. The highest BCUT2D eigenvalue weighted by Gasteiger charge is 2.31. The molecule has 0 aromatic heterocycles. The molecule has 36 heavy (non-hydrogen) atoms. The Morgan fingerprint density at radius 2 is 1.81 bits per heavy atom. The van der Waals surface area contributed by atoms with E-state index < -0.39 is 28.5 Å². The third-order valence-electron chi connectivity index (χ3n) is 5.52. The van der Waals surface area contributed by atoms with E-state index in [1.54, 1.807) is 32.2 Å². The van der Waals surface area contributed by atoms with Crippen molar-refractivity contribution in [3.63, 3.8) is 0 Å². The third kappa shape index (κ3) is 7.76. The molecule has 2 aromatic carbocycles. The second kappa shape index (κ2) is 13.4. The van der Waals surface area contributed by atoms with Crippen molar-refractivity contribution >= 4 is 39.1 Å². The molecule has 0 aliphatic heterocycles. The molecule has 9 nitrogen and oxygen atoms in total. The lowest BCUT2D eigenvalue weighted by molar-refractivity contribution is -0.140. The maximum absolute atomic E-state index is 13.7. The number of ether oxygens (including phenoxy) is 2. The van der Waals surface area contributed by atoms with E-state index in [-0.39, 0.29) is 23.2 Å². The highest BCUT2D eigenvalue weighted by atomic mass is 35.5. The Kier molecular flexibility index (Phi) is 10.9. The Hall–Kier alpha value is -2.98. The zero-order valence-corrected chi connectivity index (χ0v) is 22.9. The first-order valence-corrected chi connectivity index (χ1v) is 13.8. The van der Waals surface area contributed by atoms with E-state index in [0.717, 1.165) is 22.5 Å². The molecule has 2 aromatic rings. The fourth-order valence-electron chi connectivity index (χ4n) is 3.68. The van der Waals surface area contributed by atoms with Crippen LogP contribution in [-0.4, -0.2) is 64.7 Å². The van der Waals surface area contributed by atoms with Crippen LogP contribution in [0.2, 0.25) is 5.02 Å². The van der Waals surface area contributed by atoms with E-state index in [2.05, 4.69) is 5.32 Å². The monoisotopic (exact) mass is 539 g/mol. The van der Waals surface area contributed by atoms with Gasteiger partial charge in [0.2, 0.25) is 21.8 Å². The van der Waals surface area contributed by atoms with Crippen LogP contribution in [0.1, 0.15) is 32.3 Å². The van der Waals surface area contributed by atoms with Crippen LogP contribution in [0.15, 0.2) is 42.5 Å². The molecular weight excluding hydrogens is 506 g/mol. The molecule has 2 amide bonds. The van der Waals surface area contributed by atoms with Crippen LogP contribution >= 0.6 is 11.6 Å². The van der Waals surface area contributed by atoms with Gasteiger partial charge in [0.25, 0.3) is 0 Å². The summed E-state index contributed by atoms with van der Waals surface area (Å²) < 4.78 is 36.8. The number of hydrogen-bond acceptors (Lipinski definition) is 6. The summed E-state index contributed by atoms with van der Waals surface area (Å²) in [5.41, 5.74) is 0.948. The number of benzene rings is 2. The van der Waals surface area contributed by atoms with E-state index in [4.69, 9.17) is 21.1 Å². The van der Waals surface area contributed by atoms with Crippen LogP contribution in [0.3, 0.4) is 0 Å². The van der Waals surface area contributed by atoms with Crippen LogP contribution in [0.25, 0.3) is 0 Å². The number of rotatable bonds is 13. The topological polar surface area (TPSA) is 105 Å². The van der Waals surface area contributed by atoms with Gasteiger partial charge >= 0.3 is 0 Å². The van der Waals surface area contributed by atoms with Crippen molar-refractivity contribution in [3.05, 3.63) is 53.1 Å². The predicted octanol–water partition coefficient (Wildman–Crippen LogP) is 3.46. The molecule has 0 radical (unpaired) electrons. The van der Waals surface area contributed by atoms with Crippen LogP contribution in [0.5, 0.6) is 11.5 Å². The number of halogens is 1. The average molecular weight is 540 g/mol. The van der Waals surface area contributed by atoms with Gasteiger partial charge in [-0.15, -0.1) is 0 Å². The fourth-order valence-corrected chi connectivity index (χ4v) is 4.77. The first-order valence-electron chi connectivity index (χ1n) is 11.6. The lowest BCUT2D eigenvalue weighted by Gasteiger charge is -2.33. The Morgan fingerprint density at radius 3 is 2.36 bits per heavy atom. The molecule has 0 aliphatic carbocycles. The number of amides is 2. The summed E-state index contributed by atoms with van der Waals surface area (Å²) in [5.74, 6) is 0.148. The van der Waals surface area contributed by atoms with Gasteiger partial charge in [-0.1, -0.05) is 37.6 Å². The van der Waals surface area contributed by atoms with Gasteiger partial charge in [0.05, 0.1) is 31.2 Å². The molecule has 0 fully saturated rings. The quantitative estimate of drug-likeness (QED) is 0.418. The standard InChI is InChI=1S/C25H34ClN3O6S/c1-6-13-27-25(31)22(7-2)28(16-18-9-8-10-20(14-18)34-3)24(30)17-29(36(5,32)33)19-11-12-23(35-4)21(26)15-19/h8-12,14-15,22H,6-7,13,16-17H2,1-5H3,(H,27,31).